The van der Waals surface area contributed by atoms with Crippen LogP contribution in [0.4, 0.5) is 0 Å². The van der Waals surface area contributed by atoms with Gasteiger partial charge in [-0.15, -0.1) is 12.4 Å². The van der Waals surface area contributed by atoms with Crippen LogP contribution in [0.3, 0.4) is 0 Å². The Bertz CT molecular complexity index is 380. The van der Waals surface area contributed by atoms with Crippen LogP contribution in [-0.4, -0.2) is 30.2 Å². The molecule has 1 aliphatic heterocycles. The molecule has 3 N–H and O–H groups in total. The van der Waals surface area contributed by atoms with Crippen LogP contribution in [0.1, 0.15) is 52.4 Å². The van der Waals surface area contributed by atoms with Crippen molar-refractivity contribution < 1.29 is 9.53 Å². The topological polar surface area (TPSA) is 64.4 Å². The zero-order chi connectivity index (χ0) is 13.7. The molecule has 116 valence electrons. The molecule has 0 aromatic heterocycles. The van der Waals surface area contributed by atoms with Gasteiger partial charge in [-0.05, 0) is 19.3 Å². The summed E-state index contributed by atoms with van der Waals surface area (Å²) in [5.74, 6) is 0.557. The van der Waals surface area contributed by atoms with Gasteiger partial charge < -0.3 is 15.8 Å². The lowest BCUT2D eigenvalue weighted by atomic mass is 9.57. The highest BCUT2D eigenvalue weighted by atomic mass is 35.5. The summed E-state index contributed by atoms with van der Waals surface area (Å²) in [6.07, 6.45) is 6.40. The normalized spacial score (nSPS) is 37.2. The molecular weight excluding hydrogens is 276 g/mol. The summed E-state index contributed by atoms with van der Waals surface area (Å²) in [6, 6.07) is 0.231. The summed E-state index contributed by atoms with van der Waals surface area (Å²) >= 11 is 0. The highest BCUT2D eigenvalue weighted by Gasteiger charge is 2.60. The van der Waals surface area contributed by atoms with Gasteiger partial charge in [0.1, 0.15) is 0 Å². The van der Waals surface area contributed by atoms with E-state index in [9.17, 15) is 4.79 Å². The van der Waals surface area contributed by atoms with E-state index >= 15 is 0 Å². The van der Waals surface area contributed by atoms with Gasteiger partial charge in [-0.25, -0.2) is 0 Å². The number of ether oxygens (including phenoxy) is 1. The molecule has 0 aromatic rings. The predicted molar refractivity (Wildman–Crippen MR) is 80.8 cm³/mol. The average Bonchev–Trinajstić information content (AvgIpc) is 2.83. The number of carbonyl (C=O) groups is 1. The molecule has 0 aromatic carbocycles. The van der Waals surface area contributed by atoms with Crippen LogP contribution in [-0.2, 0) is 9.53 Å². The van der Waals surface area contributed by atoms with Crippen molar-refractivity contribution in [3.8, 4) is 0 Å². The largest absolute Gasteiger partial charge is 0.377 e. The van der Waals surface area contributed by atoms with Crippen molar-refractivity contribution in [3.63, 3.8) is 0 Å². The number of hydrogen-bond donors (Lipinski definition) is 2. The summed E-state index contributed by atoms with van der Waals surface area (Å²) in [7, 11) is 0. The molecule has 2 saturated carbocycles. The maximum absolute atomic E-state index is 12.5. The minimum atomic E-state index is -0.626. The van der Waals surface area contributed by atoms with Gasteiger partial charge in [0.15, 0.2) is 0 Å². The van der Waals surface area contributed by atoms with E-state index in [1.807, 2.05) is 0 Å². The number of fused-ring (bicyclic) bond motifs is 1. The number of nitrogens with two attached hydrogens (primary N) is 1. The van der Waals surface area contributed by atoms with Gasteiger partial charge >= 0.3 is 0 Å². The van der Waals surface area contributed by atoms with E-state index < -0.39 is 5.54 Å². The van der Waals surface area contributed by atoms with Crippen molar-refractivity contribution in [2.24, 2.45) is 17.1 Å². The lowest BCUT2D eigenvalue weighted by Crippen LogP contribution is -2.69. The lowest BCUT2D eigenvalue weighted by Gasteiger charge is -2.55. The average molecular weight is 303 g/mol. The molecule has 0 spiro atoms. The zero-order valence-electron chi connectivity index (χ0n) is 12.5. The SMILES string of the molecule is CC1(C)C(NC(=O)C2(N)CCCCC2)C2CCOC21.Cl. The van der Waals surface area contributed by atoms with Crippen molar-refractivity contribution in [3.05, 3.63) is 0 Å². The molecule has 4 nitrogen and oxygen atoms in total. The van der Waals surface area contributed by atoms with Gasteiger partial charge in [0.2, 0.25) is 5.91 Å². The van der Waals surface area contributed by atoms with E-state index in [0.29, 0.717) is 12.0 Å². The Morgan fingerprint density at radius 1 is 1.25 bits per heavy atom. The third-order valence-electron chi connectivity index (χ3n) is 5.59. The Labute approximate surface area is 127 Å². The highest BCUT2D eigenvalue weighted by molar-refractivity contribution is 5.86. The molecule has 3 fully saturated rings. The van der Waals surface area contributed by atoms with Gasteiger partial charge in [0.25, 0.3) is 0 Å². The van der Waals surface area contributed by atoms with E-state index in [-0.39, 0.29) is 29.8 Å². The molecular formula is C15H27ClN2O2. The molecule has 0 bridgehead atoms. The number of amides is 1. The predicted octanol–water partition coefficient (Wildman–Crippen LogP) is 2.00. The van der Waals surface area contributed by atoms with Gasteiger partial charge in [0, 0.05) is 24.0 Å². The number of hydrogen-bond acceptors (Lipinski definition) is 3. The van der Waals surface area contributed by atoms with Crippen molar-refractivity contribution in [1.29, 1.82) is 0 Å². The molecule has 5 heteroatoms. The Morgan fingerprint density at radius 2 is 1.90 bits per heavy atom. The van der Waals surface area contributed by atoms with Crippen LogP contribution in [0.25, 0.3) is 0 Å². The molecule has 20 heavy (non-hydrogen) atoms. The summed E-state index contributed by atoms with van der Waals surface area (Å²) in [6.45, 7) is 5.21. The molecule has 1 saturated heterocycles. The number of halogens is 1. The Kier molecular flexibility index (Phi) is 4.39. The minimum absolute atomic E-state index is 0. The molecule has 2 aliphatic carbocycles. The first kappa shape index (κ1) is 16.1. The van der Waals surface area contributed by atoms with Crippen LogP contribution < -0.4 is 11.1 Å². The smallest absolute Gasteiger partial charge is 0.240 e. The molecule has 1 heterocycles. The standard InChI is InChI=1S/C15H26N2O2.ClH/c1-14(2)11(10-6-9-19-12(10)14)17-13(18)15(16)7-4-3-5-8-15;/h10-12H,3-9,16H2,1-2H3,(H,17,18);1H. The summed E-state index contributed by atoms with van der Waals surface area (Å²) in [5.41, 5.74) is 5.73. The molecule has 0 radical (unpaired) electrons. The van der Waals surface area contributed by atoms with Gasteiger partial charge in [-0.2, -0.15) is 0 Å². The van der Waals surface area contributed by atoms with Crippen molar-refractivity contribution in [2.45, 2.75) is 70.1 Å². The third kappa shape index (κ3) is 2.36. The van der Waals surface area contributed by atoms with E-state index in [1.165, 1.54) is 6.42 Å². The Morgan fingerprint density at radius 3 is 2.55 bits per heavy atom. The summed E-state index contributed by atoms with van der Waals surface area (Å²) in [4.78, 5) is 12.5. The summed E-state index contributed by atoms with van der Waals surface area (Å²) < 4.78 is 5.77. The quantitative estimate of drug-likeness (QED) is 0.820. The van der Waals surface area contributed by atoms with E-state index in [2.05, 4.69) is 19.2 Å². The maximum Gasteiger partial charge on any atom is 0.240 e. The van der Waals surface area contributed by atoms with E-state index in [0.717, 1.165) is 38.7 Å². The monoisotopic (exact) mass is 302 g/mol. The van der Waals surface area contributed by atoms with Crippen LogP contribution in [0.5, 0.6) is 0 Å². The van der Waals surface area contributed by atoms with Crippen molar-refractivity contribution in [2.75, 3.05) is 6.61 Å². The Balaban J connectivity index is 0.00000147. The van der Waals surface area contributed by atoms with E-state index in [1.54, 1.807) is 0 Å². The first-order chi connectivity index (χ1) is 8.95. The minimum Gasteiger partial charge on any atom is -0.377 e. The lowest BCUT2D eigenvalue weighted by molar-refractivity contribution is -0.143. The van der Waals surface area contributed by atoms with Gasteiger partial charge in [-0.1, -0.05) is 33.1 Å². The number of carbonyl (C=O) groups excluding carboxylic acids is 1. The van der Waals surface area contributed by atoms with Crippen molar-refractivity contribution >= 4 is 18.3 Å². The van der Waals surface area contributed by atoms with E-state index in [4.69, 9.17) is 10.5 Å². The third-order valence-corrected chi connectivity index (χ3v) is 5.59. The first-order valence-electron chi connectivity index (χ1n) is 7.67. The number of rotatable bonds is 2. The fourth-order valence-corrected chi connectivity index (χ4v) is 4.31. The molecule has 3 aliphatic rings. The maximum atomic E-state index is 12.5. The fourth-order valence-electron chi connectivity index (χ4n) is 4.31. The van der Waals surface area contributed by atoms with Crippen LogP contribution in [0, 0.1) is 11.3 Å². The zero-order valence-corrected chi connectivity index (χ0v) is 13.3. The summed E-state index contributed by atoms with van der Waals surface area (Å²) in [5, 5.41) is 3.24. The van der Waals surface area contributed by atoms with Gasteiger partial charge in [-0.3, -0.25) is 4.79 Å². The molecule has 3 rings (SSSR count). The van der Waals surface area contributed by atoms with Gasteiger partial charge in [0.05, 0.1) is 11.6 Å². The molecule has 3 unspecified atom stereocenters. The second kappa shape index (κ2) is 5.47. The van der Waals surface area contributed by atoms with Crippen LogP contribution >= 0.6 is 12.4 Å². The second-order valence-electron chi connectivity index (χ2n) is 7.23. The molecule has 3 atom stereocenters. The second-order valence-corrected chi connectivity index (χ2v) is 7.23. The van der Waals surface area contributed by atoms with Crippen LogP contribution in [0.2, 0.25) is 0 Å². The van der Waals surface area contributed by atoms with Crippen LogP contribution in [0.15, 0.2) is 0 Å². The van der Waals surface area contributed by atoms with Crippen molar-refractivity contribution in [1.82, 2.24) is 5.32 Å². The number of nitrogens with one attached hydrogen (secondary N) is 1. The molecule has 1 amide bonds. The highest BCUT2D eigenvalue weighted by Crippen LogP contribution is 2.52. The first-order valence-corrected chi connectivity index (χ1v) is 7.67. The Hall–Kier alpha value is -0.320. The fraction of sp³-hybridized carbons (Fsp3) is 0.933.